The van der Waals surface area contributed by atoms with Crippen LogP contribution in [0.1, 0.15) is 32.7 Å². The first-order valence-electron chi connectivity index (χ1n) is 10.0. The molecule has 2 N–H and O–H groups in total. The Kier molecular flexibility index (Phi) is 5.66. The molecule has 4 rings (SSSR count). The first-order valence-corrected chi connectivity index (χ1v) is 10.0. The van der Waals surface area contributed by atoms with Crippen LogP contribution in [-0.4, -0.2) is 39.7 Å². The number of phenolic OH excluding ortho intramolecular Hbond substituents is 2. The summed E-state index contributed by atoms with van der Waals surface area (Å²) >= 11 is 0. The second-order valence-corrected chi connectivity index (χ2v) is 7.47. The number of fused-ring (bicyclic) bond motifs is 1. The first kappa shape index (κ1) is 20.5. The average Bonchev–Trinajstić information content (AvgIpc) is 2.79. The Morgan fingerprint density at radius 3 is 2.71 bits per heavy atom. The van der Waals surface area contributed by atoms with Crippen molar-refractivity contribution in [1.29, 1.82) is 0 Å². The lowest BCUT2D eigenvalue weighted by molar-refractivity contribution is 0.0725. The lowest BCUT2D eigenvalue weighted by Gasteiger charge is -2.30. The van der Waals surface area contributed by atoms with Crippen molar-refractivity contribution in [3.8, 4) is 23.0 Å². The molecule has 31 heavy (non-hydrogen) atoms. The Morgan fingerprint density at radius 2 is 1.97 bits per heavy atom. The molecule has 1 amide bonds. The maximum absolute atomic E-state index is 13.4. The van der Waals surface area contributed by atoms with Crippen LogP contribution in [0.3, 0.4) is 0 Å². The van der Waals surface area contributed by atoms with Gasteiger partial charge in [0.1, 0.15) is 35.2 Å². The monoisotopic (exact) mass is 420 g/mol. The van der Waals surface area contributed by atoms with Gasteiger partial charge in [0.25, 0.3) is 5.91 Å². The molecule has 1 aliphatic rings. The van der Waals surface area contributed by atoms with Gasteiger partial charge in [0.2, 0.25) is 0 Å². The molecule has 160 valence electrons. The van der Waals surface area contributed by atoms with Crippen molar-refractivity contribution in [2.45, 2.75) is 26.5 Å². The lowest BCUT2D eigenvalue weighted by Crippen LogP contribution is -2.36. The number of aromatic hydroxyl groups is 2. The predicted molar refractivity (Wildman–Crippen MR) is 115 cm³/mol. The average molecular weight is 420 g/mol. The molecule has 0 spiro atoms. The number of carbonyl (C=O) groups excluding carboxylic acids is 1. The second-order valence-electron chi connectivity index (χ2n) is 7.47. The lowest BCUT2D eigenvalue weighted by atomic mass is 9.98. The third-order valence-corrected chi connectivity index (χ3v) is 5.50. The van der Waals surface area contributed by atoms with Crippen LogP contribution in [0.2, 0.25) is 0 Å². The molecule has 1 aliphatic heterocycles. The summed E-state index contributed by atoms with van der Waals surface area (Å²) in [5.41, 5.74) is 3.27. The summed E-state index contributed by atoms with van der Waals surface area (Å²) in [4.78, 5) is 19.3. The van der Waals surface area contributed by atoms with E-state index in [1.54, 1.807) is 37.3 Å². The molecule has 0 saturated heterocycles. The van der Waals surface area contributed by atoms with Crippen LogP contribution in [0.15, 0.2) is 48.7 Å². The number of benzene rings is 2. The highest BCUT2D eigenvalue weighted by Crippen LogP contribution is 2.39. The minimum absolute atomic E-state index is 0.0394. The highest BCUT2D eigenvalue weighted by Gasteiger charge is 2.29. The number of methoxy groups -OCH3 is 1. The van der Waals surface area contributed by atoms with Crippen molar-refractivity contribution in [2.75, 3.05) is 13.7 Å². The molecule has 0 unspecified atom stereocenters. The zero-order valence-electron chi connectivity index (χ0n) is 17.5. The summed E-state index contributed by atoms with van der Waals surface area (Å²) in [6, 6.07) is 12.5. The third-order valence-electron chi connectivity index (χ3n) is 5.50. The van der Waals surface area contributed by atoms with Crippen LogP contribution >= 0.6 is 0 Å². The summed E-state index contributed by atoms with van der Waals surface area (Å²) in [7, 11) is 1.61. The Labute approximate surface area is 180 Å². The summed E-state index contributed by atoms with van der Waals surface area (Å²) in [5.74, 6) is 0.0739. The van der Waals surface area contributed by atoms with Gasteiger partial charge in [0, 0.05) is 30.9 Å². The molecule has 0 atom stereocenters. The van der Waals surface area contributed by atoms with E-state index in [0.29, 0.717) is 30.8 Å². The number of hydrogen-bond donors (Lipinski definition) is 2. The van der Waals surface area contributed by atoms with Crippen LogP contribution in [0.4, 0.5) is 0 Å². The van der Waals surface area contributed by atoms with Crippen molar-refractivity contribution in [1.82, 2.24) is 9.88 Å². The quantitative estimate of drug-likeness (QED) is 0.655. The molecular formula is C24H24N2O5. The van der Waals surface area contributed by atoms with E-state index in [1.807, 2.05) is 24.3 Å². The SMILES string of the molecule is COc1ccc2c(c1)CN(C(=O)c1c(O)cc(O)c(C)c1OCc1ccccn1)CC2. The van der Waals surface area contributed by atoms with Gasteiger partial charge in [-0.05, 0) is 48.7 Å². The van der Waals surface area contributed by atoms with Gasteiger partial charge in [0.15, 0.2) is 0 Å². The largest absolute Gasteiger partial charge is 0.507 e. The maximum Gasteiger partial charge on any atom is 0.261 e. The van der Waals surface area contributed by atoms with Gasteiger partial charge >= 0.3 is 0 Å². The fourth-order valence-corrected chi connectivity index (χ4v) is 3.74. The van der Waals surface area contributed by atoms with Crippen LogP contribution < -0.4 is 9.47 Å². The predicted octanol–water partition coefficient (Wildman–Crippen LogP) is 3.59. The molecule has 1 aromatic heterocycles. The summed E-state index contributed by atoms with van der Waals surface area (Å²) in [6.45, 7) is 2.65. The van der Waals surface area contributed by atoms with E-state index in [-0.39, 0.29) is 35.3 Å². The van der Waals surface area contributed by atoms with Crippen LogP contribution in [-0.2, 0) is 19.6 Å². The van der Waals surface area contributed by atoms with Crippen LogP contribution in [0.25, 0.3) is 0 Å². The van der Waals surface area contributed by atoms with Crippen molar-refractivity contribution in [3.63, 3.8) is 0 Å². The number of amides is 1. The minimum Gasteiger partial charge on any atom is -0.507 e. The third kappa shape index (κ3) is 4.12. The number of hydrogen-bond acceptors (Lipinski definition) is 6. The molecule has 0 bridgehead atoms. The maximum atomic E-state index is 13.4. The summed E-state index contributed by atoms with van der Waals surface area (Å²) in [5, 5.41) is 20.7. The van der Waals surface area contributed by atoms with Gasteiger partial charge in [-0.15, -0.1) is 0 Å². The standard InChI is InChI=1S/C24H24N2O5/c1-15-20(27)12-21(28)22(23(15)31-14-18-5-3-4-9-25-18)24(29)26-10-8-16-6-7-19(30-2)11-17(16)13-26/h3-7,9,11-12,27-28H,8,10,13-14H2,1-2H3. The number of carbonyl (C=O) groups is 1. The minimum atomic E-state index is -0.356. The highest BCUT2D eigenvalue weighted by molar-refractivity contribution is 6.00. The molecule has 7 heteroatoms. The van der Waals surface area contributed by atoms with Crippen molar-refractivity contribution in [2.24, 2.45) is 0 Å². The van der Waals surface area contributed by atoms with E-state index in [4.69, 9.17) is 9.47 Å². The molecule has 2 aromatic carbocycles. The Bertz CT molecular complexity index is 1110. The number of aromatic nitrogens is 1. The van der Waals surface area contributed by atoms with Crippen LogP contribution in [0, 0.1) is 6.92 Å². The second kappa shape index (κ2) is 8.55. The van der Waals surface area contributed by atoms with Crippen molar-refractivity contribution >= 4 is 5.91 Å². The fourth-order valence-electron chi connectivity index (χ4n) is 3.74. The Morgan fingerprint density at radius 1 is 1.13 bits per heavy atom. The highest BCUT2D eigenvalue weighted by atomic mass is 16.5. The van der Waals surface area contributed by atoms with Crippen molar-refractivity contribution in [3.05, 3.63) is 76.6 Å². The molecule has 7 nitrogen and oxygen atoms in total. The van der Waals surface area contributed by atoms with Gasteiger partial charge in [-0.2, -0.15) is 0 Å². The van der Waals surface area contributed by atoms with E-state index in [0.717, 1.165) is 11.3 Å². The van der Waals surface area contributed by atoms with E-state index in [2.05, 4.69) is 4.98 Å². The number of pyridine rings is 1. The van der Waals surface area contributed by atoms with Gasteiger partial charge in [-0.1, -0.05) is 12.1 Å². The fraction of sp³-hybridized carbons (Fsp3) is 0.250. The molecule has 0 radical (unpaired) electrons. The zero-order chi connectivity index (χ0) is 22.0. The summed E-state index contributed by atoms with van der Waals surface area (Å²) in [6.07, 6.45) is 2.35. The molecule has 2 heterocycles. The summed E-state index contributed by atoms with van der Waals surface area (Å²) < 4.78 is 11.2. The number of phenols is 2. The van der Waals surface area contributed by atoms with E-state index >= 15 is 0 Å². The van der Waals surface area contributed by atoms with Gasteiger partial charge in [-0.25, -0.2) is 0 Å². The topological polar surface area (TPSA) is 92.1 Å². The molecule has 0 aliphatic carbocycles. The molecule has 0 fully saturated rings. The van der Waals surface area contributed by atoms with E-state index in [9.17, 15) is 15.0 Å². The number of rotatable bonds is 5. The zero-order valence-corrected chi connectivity index (χ0v) is 17.5. The van der Waals surface area contributed by atoms with E-state index in [1.165, 1.54) is 11.6 Å². The Hall–Kier alpha value is -3.74. The Balaban J connectivity index is 1.65. The molecule has 0 saturated carbocycles. The van der Waals surface area contributed by atoms with Gasteiger partial charge < -0.3 is 24.6 Å². The van der Waals surface area contributed by atoms with Crippen LogP contribution in [0.5, 0.6) is 23.0 Å². The smallest absolute Gasteiger partial charge is 0.261 e. The number of ether oxygens (including phenoxy) is 2. The molecule has 3 aromatic rings. The first-order chi connectivity index (χ1) is 15.0. The van der Waals surface area contributed by atoms with Crippen molar-refractivity contribution < 1.29 is 24.5 Å². The number of nitrogens with zero attached hydrogens (tertiary/aromatic N) is 2. The van der Waals surface area contributed by atoms with Gasteiger partial charge in [0.05, 0.1) is 12.8 Å². The van der Waals surface area contributed by atoms with E-state index < -0.39 is 0 Å². The van der Waals surface area contributed by atoms with Gasteiger partial charge in [-0.3, -0.25) is 9.78 Å². The normalized spacial score (nSPS) is 12.9. The molecular weight excluding hydrogens is 396 g/mol.